The molecule has 0 fully saturated rings. The van der Waals surface area contributed by atoms with Crippen LogP contribution < -0.4 is 0 Å². The zero-order valence-electron chi connectivity index (χ0n) is 52.0. The highest BCUT2D eigenvalue weighted by atomic mass is 16.6. The Morgan fingerprint density at radius 1 is 0.263 bits per heavy atom. The third-order valence-electron chi connectivity index (χ3n) is 13.9. The lowest BCUT2D eigenvalue weighted by Crippen LogP contribution is -2.30. The van der Waals surface area contributed by atoms with Crippen molar-refractivity contribution in [3.63, 3.8) is 0 Å². The van der Waals surface area contributed by atoms with Crippen molar-refractivity contribution in [3.8, 4) is 0 Å². The highest BCUT2D eigenvalue weighted by Crippen LogP contribution is 2.15. The number of carbonyl (C=O) groups is 3. The molecule has 0 aromatic heterocycles. The number of allylic oxidation sites excluding steroid dienone is 22. The number of rotatable bonds is 59. The summed E-state index contributed by atoms with van der Waals surface area (Å²) >= 11 is 0. The Labute approximate surface area is 494 Å². The number of hydrogen-bond donors (Lipinski definition) is 0. The van der Waals surface area contributed by atoms with Gasteiger partial charge in [0.25, 0.3) is 0 Å². The standard InChI is InChI=1S/C74H122O6/c1-4-7-10-13-16-19-22-25-28-30-32-33-34-35-36-37-38-39-40-41-42-44-46-49-52-55-58-61-64-67-73(76)79-70-71(69-78-72(75)66-63-60-57-54-51-48-45-27-24-21-18-15-12-9-6-3)80-74(77)68-65-62-59-56-53-50-47-43-31-29-26-23-20-17-14-11-8-5-2/h7,10,16,19,25,27-29,31-33,35-36,38-39,41-42,45-46,49,55,58,71H,4-6,8-9,11-15,17-18,20-24,26,30,34,37,40,43-44,47-48,50-54,56-57,59-70H2,1-3H3/b10-7-,19-16-,28-25-,31-29-,33-32-,36-35-,39-38-,42-41-,45-27-,49-46-,58-55-. The van der Waals surface area contributed by atoms with Crippen molar-refractivity contribution in [2.45, 2.75) is 303 Å². The summed E-state index contributed by atoms with van der Waals surface area (Å²) < 4.78 is 16.9. The Morgan fingerprint density at radius 2 is 0.500 bits per heavy atom. The molecule has 0 radical (unpaired) electrons. The van der Waals surface area contributed by atoms with Gasteiger partial charge in [-0.3, -0.25) is 14.4 Å². The van der Waals surface area contributed by atoms with Crippen LogP contribution in [0.3, 0.4) is 0 Å². The maximum atomic E-state index is 12.9. The van der Waals surface area contributed by atoms with Crippen molar-refractivity contribution in [2.75, 3.05) is 13.2 Å². The van der Waals surface area contributed by atoms with E-state index >= 15 is 0 Å². The predicted molar refractivity (Wildman–Crippen MR) is 348 cm³/mol. The van der Waals surface area contributed by atoms with E-state index in [2.05, 4.69) is 154 Å². The monoisotopic (exact) mass is 1110 g/mol. The minimum absolute atomic E-state index is 0.104. The van der Waals surface area contributed by atoms with Crippen molar-refractivity contribution in [2.24, 2.45) is 0 Å². The molecule has 0 aliphatic carbocycles. The molecule has 1 atom stereocenters. The van der Waals surface area contributed by atoms with Crippen LogP contribution in [-0.2, 0) is 28.6 Å². The van der Waals surface area contributed by atoms with Gasteiger partial charge in [-0.15, -0.1) is 0 Å². The van der Waals surface area contributed by atoms with E-state index in [0.29, 0.717) is 19.3 Å². The van der Waals surface area contributed by atoms with E-state index < -0.39 is 6.10 Å². The third-order valence-corrected chi connectivity index (χ3v) is 13.9. The largest absolute Gasteiger partial charge is 0.462 e. The van der Waals surface area contributed by atoms with Crippen molar-refractivity contribution in [1.29, 1.82) is 0 Å². The molecule has 1 unspecified atom stereocenters. The fraction of sp³-hybridized carbons (Fsp3) is 0.662. The van der Waals surface area contributed by atoms with Crippen LogP contribution in [0.2, 0.25) is 0 Å². The molecule has 0 bridgehead atoms. The molecule has 0 saturated carbocycles. The van der Waals surface area contributed by atoms with Crippen molar-refractivity contribution in [1.82, 2.24) is 0 Å². The van der Waals surface area contributed by atoms with Crippen LogP contribution >= 0.6 is 0 Å². The molecular formula is C74H122O6. The second-order valence-corrected chi connectivity index (χ2v) is 21.6. The van der Waals surface area contributed by atoms with E-state index in [9.17, 15) is 14.4 Å². The Bertz CT molecular complexity index is 1700. The zero-order valence-corrected chi connectivity index (χ0v) is 52.0. The van der Waals surface area contributed by atoms with Crippen molar-refractivity contribution < 1.29 is 28.6 Å². The van der Waals surface area contributed by atoms with E-state index in [1.807, 2.05) is 0 Å². The molecular weight excluding hydrogens is 985 g/mol. The lowest BCUT2D eigenvalue weighted by molar-refractivity contribution is -0.167. The Morgan fingerprint density at radius 3 is 0.825 bits per heavy atom. The second-order valence-electron chi connectivity index (χ2n) is 21.6. The Balaban J connectivity index is 4.47. The first-order chi connectivity index (χ1) is 39.5. The lowest BCUT2D eigenvalue weighted by Gasteiger charge is -2.18. The maximum Gasteiger partial charge on any atom is 0.306 e. The summed E-state index contributed by atoms with van der Waals surface area (Å²) in [5.74, 6) is -0.975. The number of unbranched alkanes of at least 4 members (excludes halogenated alkanes) is 26. The zero-order chi connectivity index (χ0) is 57.8. The summed E-state index contributed by atoms with van der Waals surface area (Å²) in [4.78, 5) is 38.3. The van der Waals surface area contributed by atoms with Crippen LogP contribution in [0.5, 0.6) is 0 Å². The first kappa shape index (κ1) is 75.5. The molecule has 0 saturated heterocycles. The van der Waals surface area contributed by atoms with Gasteiger partial charge in [-0.2, -0.15) is 0 Å². The van der Waals surface area contributed by atoms with Gasteiger partial charge in [0.15, 0.2) is 6.10 Å². The van der Waals surface area contributed by atoms with Gasteiger partial charge in [0, 0.05) is 19.3 Å². The second kappa shape index (κ2) is 67.1. The minimum atomic E-state index is -0.813. The molecule has 0 aromatic carbocycles. The molecule has 80 heavy (non-hydrogen) atoms. The van der Waals surface area contributed by atoms with Crippen LogP contribution in [0, 0.1) is 0 Å². The van der Waals surface area contributed by atoms with Gasteiger partial charge in [0.05, 0.1) is 0 Å². The van der Waals surface area contributed by atoms with E-state index in [1.165, 1.54) is 135 Å². The molecule has 0 heterocycles. The summed E-state index contributed by atoms with van der Waals surface area (Å²) in [5, 5.41) is 0. The lowest BCUT2D eigenvalue weighted by atomic mass is 10.1. The fourth-order valence-corrected chi connectivity index (χ4v) is 8.90. The van der Waals surface area contributed by atoms with Crippen molar-refractivity contribution >= 4 is 17.9 Å². The number of esters is 3. The highest BCUT2D eigenvalue weighted by molar-refractivity contribution is 5.71. The van der Waals surface area contributed by atoms with Crippen LogP contribution in [0.25, 0.3) is 0 Å². The molecule has 0 N–H and O–H groups in total. The normalized spacial score (nSPS) is 13.0. The van der Waals surface area contributed by atoms with Gasteiger partial charge in [-0.1, -0.05) is 276 Å². The van der Waals surface area contributed by atoms with E-state index in [0.717, 1.165) is 116 Å². The number of ether oxygens (including phenoxy) is 3. The smallest absolute Gasteiger partial charge is 0.306 e. The van der Waals surface area contributed by atoms with Crippen LogP contribution in [-0.4, -0.2) is 37.2 Å². The Hall–Kier alpha value is -4.45. The first-order valence-electron chi connectivity index (χ1n) is 33.2. The highest BCUT2D eigenvalue weighted by Gasteiger charge is 2.19. The summed E-state index contributed by atoms with van der Waals surface area (Å²) in [6.07, 6.45) is 94.6. The first-order valence-corrected chi connectivity index (χ1v) is 33.2. The molecule has 0 aliphatic heterocycles. The molecule has 0 spiro atoms. The van der Waals surface area contributed by atoms with Crippen molar-refractivity contribution in [3.05, 3.63) is 134 Å². The van der Waals surface area contributed by atoms with Gasteiger partial charge in [0.2, 0.25) is 0 Å². The summed E-state index contributed by atoms with van der Waals surface area (Å²) in [7, 11) is 0. The predicted octanol–water partition coefficient (Wildman–Crippen LogP) is 22.9. The minimum Gasteiger partial charge on any atom is -0.462 e. The Kier molecular flexibility index (Phi) is 63.3. The molecule has 0 rings (SSSR count). The maximum absolute atomic E-state index is 12.9. The van der Waals surface area contributed by atoms with E-state index in [4.69, 9.17) is 14.2 Å². The molecule has 0 aromatic rings. The van der Waals surface area contributed by atoms with Crippen LogP contribution in [0.15, 0.2) is 134 Å². The number of carbonyl (C=O) groups excluding carboxylic acids is 3. The molecule has 6 nitrogen and oxygen atoms in total. The summed E-state index contributed by atoms with van der Waals surface area (Å²) in [6, 6.07) is 0. The van der Waals surface area contributed by atoms with Gasteiger partial charge in [-0.25, -0.2) is 0 Å². The topological polar surface area (TPSA) is 78.9 Å². The average Bonchev–Trinajstić information content (AvgIpc) is 3.46. The van der Waals surface area contributed by atoms with Crippen LogP contribution in [0.1, 0.15) is 297 Å². The van der Waals surface area contributed by atoms with Crippen LogP contribution in [0.4, 0.5) is 0 Å². The number of hydrogen-bond acceptors (Lipinski definition) is 6. The summed E-state index contributed by atoms with van der Waals surface area (Å²) in [6.45, 7) is 6.48. The van der Waals surface area contributed by atoms with E-state index in [1.54, 1.807) is 0 Å². The van der Waals surface area contributed by atoms with E-state index in [-0.39, 0.29) is 37.5 Å². The quantitative estimate of drug-likeness (QED) is 0.0261. The molecule has 0 aliphatic rings. The molecule has 0 amide bonds. The van der Waals surface area contributed by atoms with Gasteiger partial charge >= 0.3 is 17.9 Å². The van der Waals surface area contributed by atoms with Gasteiger partial charge < -0.3 is 14.2 Å². The summed E-state index contributed by atoms with van der Waals surface area (Å²) in [5.41, 5.74) is 0. The average molecular weight is 1110 g/mol. The SMILES string of the molecule is CC/C=C\C/C=C\C/C=C\C/C=C\C/C=C\C/C=C\C/C=C\C/C=C\C/C=C\CCCC(=O)OCC(COC(=O)CCCCCCC/C=C\CCCCCCCC)OC(=O)CCCCCCCCC/C=C\CCCCCCCCC. The van der Waals surface area contributed by atoms with Gasteiger partial charge in [0.1, 0.15) is 13.2 Å². The van der Waals surface area contributed by atoms with Gasteiger partial charge in [-0.05, 0) is 135 Å². The third kappa shape index (κ3) is 64.4. The fourth-order valence-electron chi connectivity index (χ4n) is 8.90. The molecule has 454 valence electrons. The molecule has 6 heteroatoms.